The third-order valence-corrected chi connectivity index (χ3v) is 3.79. The van der Waals surface area contributed by atoms with Crippen molar-refractivity contribution in [2.75, 3.05) is 46.1 Å². The van der Waals surface area contributed by atoms with Gasteiger partial charge in [0.2, 0.25) is 0 Å². The third-order valence-electron chi connectivity index (χ3n) is 2.82. The van der Waals surface area contributed by atoms with E-state index in [-0.39, 0.29) is 12.5 Å². The number of hydrogen-bond acceptors (Lipinski definition) is 5. The summed E-state index contributed by atoms with van der Waals surface area (Å²) in [6.45, 7) is 4.33. The van der Waals surface area contributed by atoms with Crippen LogP contribution in [-0.2, 0) is 14.2 Å². The molecule has 0 radical (unpaired) electrons. The van der Waals surface area contributed by atoms with Crippen LogP contribution in [0.5, 0.6) is 0 Å². The van der Waals surface area contributed by atoms with Crippen LogP contribution in [0.1, 0.15) is 18.4 Å². The highest BCUT2D eigenvalue weighted by Gasteiger charge is 2.03. The molecule has 0 fully saturated rings. The minimum atomic E-state index is 0.184. The third kappa shape index (κ3) is 7.26. The van der Waals surface area contributed by atoms with Crippen molar-refractivity contribution in [3.63, 3.8) is 0 Å². The van der Waals surface area contributed by atoms with Crippen molar-refractivity contribution >= 4 is 11.8 Å². The van der Waals surface area contributed by atoms with Crippen LogP contribution >= 0.6 is 11.8 Å². The van der Waals surface area contributed by atoms with Crippen LogP contribution < -0.4 is 0 Å². The molecule has 1 aromatic carbocycles. The molecular weight excluding hydrogens is 276 g/mol. The van der Waals surface area contributed by atoms with Gasteiger partial charge in [-0.05, 0) is 17.7 Å². The van der Waals surface area contributed by atoms with Gasteiger partial charge in [-0.3, -0.25) is 0 Å². The average Bonchev–Trinajstić information content (AvgIpc) is 2.50. The quantitative estimate of drug-likeness (QED) is 0.386. The molecule has 0 aliphatic rings. The van der Waals surface area contributed by atoms with Crippen LogP contribution in [0.15, 0.2) is 29.2 Å². The zero-order valence-electron chi connectivity index (χ0n) is 12.2. The van der Waals surface area contributed by atoms with Crippen LogP contribution in [0.3, 0.4) is 0 Å². The van der Waals surface area contributed by atoms with E-state index in [4.69, 9.17) is 19.3 Å². The number of aliphatic hydroxyl groups excluding tert-OH is 1. The van der Waals surface area contributed by atoms with E-state index in [1.54, 1.807) is 18.9 Å². The van der Waals surface area contributed by atoms with Gasteiger partial charge in [0.25, 0.3) is 0 Å². The molecule has 1 rings (SSSR count). The molecule has 0 aromatic heterocycles. The summed E-state index contributed by atoms with van der Waals surface area (Å²) in [5, 5.41) is 9.09. The maximum atomic E-state index is 9.09. The van der Waals surface area contributed by atoms with E-state index in [1.165, 1.54) is 10.5 Å². The van der Waals surface area contributed by atoms with E-state index in [0.29, 0.717) is 26.6 Å². The van der Waals surface area contributed by atoms with Gasteiger partial charge in [-0.2, -0.15) is 0 Å². The highest BCUT2D eigenvalue weighted by Crippen LogP contribution is 2.21. The maximum absolute atomic E-state index is 9.09. The fourth-order valence-corrected chi connectivity index (χ4v) is 2.30. The van der Waals surface area contributed by atoms with Gasteiger partial charge in [0.05, 0.1) is 19.8 Å². The second kappa shape index (κ2) is 11.1. The molecule has 5 heteroatoms. The van der Waals surface area contributed by atoms with Crippen molar-refractivity contribution in [3.05, 3.63) is 29.8 Å². The summed E-state index contributed by atoms with van der Waals surface area (Å²) in [6.07, 6.45) is 0. The minimum absolute atomic E-state index is 0.184. The Morgan fingerprint density at radius 2 is 1.80 bits per heavy atom. The first kappa shape index (κ1) is 17.5. The fourth-order valence-electron chi connectivity index (χ4n) is 1.54. The summed E-state index contributed by atoms with van der Waals surface area (Å²) in [4.78, 5) is 1.21. The molecule has 1 atom stereocenters. The Kier molecular flexibility index (Phi) is 9.70. The molecule has 0 bridgehead atoms. The SMILES string of the molecule is COCCOCOCCSc1ccc(C(C)CO)cc1. The van der Waals surface area contributed by atoms with Gasteiger partial charge in [0, 0.05) is 30.3 Å². The Bertz CT molecular complexity index is 342. The maximum Gasteiger partial charge on any atom is 0.146 e. The van der Waals surface area contributed by atoms with E-state index in [2.05, 4.69) is 24.3 Å². The summed E-state index contributed by atoms with van der Waals surface area (Å²) in [5.41, 5.74) is 1.17. The second-order valence-corrected chi connectivity index (χ2v) is 5.60. The molecule has 4 nitrogen and oxygen atoms in total. The van der Waals surface area contributed by atoms with Crippen molar-refractivity contribution < 1.29 is 19.3 Å². The lowest BCUT2D eigenvalue weighted by Gasteiger charge is -2.09. The monoisotopic (exact) mass is 300 g/mol. The molecule has 1 unspecified atom stereocenters. The predicted octanol–water partition coefficient (Wildman–Crippen LogP) is 2.51. The number of rotatable bonds is 11. The molecule has 0 saturated heterocycles. The molecule has 0 aliphatic heterocycles. The Hall–Kier alpha value is -0.590. The van der Waals surface area contributed by atoms with E-state index < -0.39 is 0 Å². The number of benzene rings is 1. The minimum Gasteiger partial charge on any atom is -0.396 e. The van der Waals surface area contributed by atoms with Crippen molar-refractivity contribution in [1.29, 1.82) is 0 Å². The predicted molar refractivity (Wildman–Crippen MR) is 81.3 cm³/mol. The molecule has 114 valence electrons. The normalized spacial score (nSPS) is 12.6. The Morgan fingerprint density at radius 1 is 1.10 bits per heavy atom. The van der Waals surface area contributed by atoms with Gasteiger partial charge in [0.15, 0.2) is 0 Å². The first-order valence-corrected chi connectivity index (χ1v) is 7.74. The first-order valence-electron chi connectivity index (χ1n) is 6.76. The molecule has 0 amide bonds. The Morgan fingerprint density at radius 3 is 2.45 bits per heavy atom. The topological polar surface area (TPSA) is 47.9 Å². The summed E-state index contributed by atoms with van der Waals surface area (Å²) in [5.74, 6) is 1.09. The molecule has 0 spiro atoms. The number of aliphatic hydroxyl groups is 1. The molecule has 1 N–H and O–H groups in total. The molecule has 1 aromatic rings. The van der Waals surface area contributed by atoms with Gasteiger partial charge in [0.1, 0.15) is 6.79 Å². The van der Waals surface area contributed by atoms with Gasteiger partial charge in [-0.25, -0.2) is 0 Å². The summed E-state index contributed by atoms with van der Waals surface area (Å²) in [7, 11) is 1.65. The van der Waals surface area contributed by atoms with Gasteiger partial charge >= 0.3 is 0 Å². The number of hydrogen-bond donors (Lipinski definition) is 1. The summed E-state index contributed by atoms with van der Waals surface area (Å²) in [6, 6.07) is 8.30. The number of ether oxygens (including phenoxy) is 3. The standard InChI is InChI=1S/C15H24O4S/c1-13(11-16)14-3-5-15(6-4-14)20-10-9-19-12-18-8-7-17-2/h3-6,13,16H,7-12H2,1-2H3. The lowest BCUT2D eigenvalue weighted by Crippen LogP contribution is -2.07. The smallest absolute Gasteiger partial charge is 0.146 e. The lowest BCUT2D eigenvalue weighted by atomic mass is 10.0. The lowest BCUT2D eigenvalue weighted by molar-refractivity contribution is -0.0609. The van der Waals surface area contributed by atoms with E-state index in [1.807, 2.05) is 6.92 Å². The zero-order chi connectivity index (χ0) is 14.6. The van der Waals surface area contributed by atoms with Crippen LogP contribution in [0.2, 0.25) is 0 Å². The van der Waals surface area contributed by atoms with Crippen LogP contribution in [0.25, 0.3) is 0 Å². The summed E-state index contributed by atoms with van der Waals surface area (Å²) < 4.78 is 15.4. The number of methoxy groups -OCH3 is 1. The first-order chi connectivity index (χ1) is 9.77. The highest BCUT2D eigenvalue weighted by atomic mass is 32.2. The number of thioether (sulfide) groups is 1. The van der Waals surface area contributed by atoms with Crippen LogP contribution in [-0.4, -0.2) is 51.2 Å². The average molecular weight is 300 g/mol. The fraction of sp³-hybridized carbons (Fsp3) is 0.600. The van der Waals surface area contributed by atoms with E-state index in [0.717, 1.165) is 5.75 Å². The Labute approximate surface area is 125 Å². The van der Waals surface area contributed by atoms with Crippen molar-refractivity contribution in [2.45, 2.75) is 17.7 Å². The van der Waals surface area contributed by atoms with Crippen LogP contribution in [0.4, 0.5) is 0 Å². The van der Waals surface area contributed by atoms with Gasteiger partial charge < -0.3 is 19.3 Å². The molecule has 20 heavy (non-hydrogen) atoms. The van der Waals surface area contributed by atoms with Crippen molar-refractivity contribution in [3.8, 4) is 0 Å². The molecule has 0 heterocycles. The molecule has 0 aliphatic carbocycles. The van der Waals surface area contributed by atoms with Crippen LogP contribution in [0, 0.1) is 0 Å². The highest BCUT2D eigenvalue weighted by molar-refractivity contribution is 7.99. The Balaban J connectivity index is 2.10. The van der Waals surface area contributed by atoms with Gasteiger partial charge in [-0.1, -0.05) is 19.1 Å². The van der Waals surface area contributed by atoms with E-state index in [9.17, 15) is 0 Å². The van der Waals surface area contributed by atoms with Crippen molar-refractivity contribution in [1.82, 2.24) is 0 Å². The second-order valence-electron chi connectivity index (χ2n) is 4.43. The largest absolute Gasteiger partial charge is 0.396 e. The van der Waals surface area contributed by atoms with Crippen molar-refractivity contribution in [2.24, 2.45) is 0 Å². The van der Waals surface area contributed by atoms with Gasteiger partial charge in [-0.15, -0.1) is 11.8 Å². The van der Waals surface area contributed by atoms with E-state index >= 15 is 0 Å². The molecule has 0 saturated carbocycles. The zero-order valence-corrected chi connectivity index (χ0v) is 13.0. The molecular formula is C15H24O4S. The summed E-state index contributed by atoms with van der Waals surface area (Å²) >= 11 is 1.75.